The normalized spacial score (nSPS) is 17.7. The van der Waals surface area contributed by atoms with Gasteiger partial charge >= 0.3 is 0 Å². The summed E-state index contributed by atoms with van der Waals surface area (Å²) in [5.74, 6) is 0.675. The van der Waals surface area contributed by atoms with Gasteiger partial charge in [-0.3, -0.25) is 4.90 Å². The molecule has 0 aliphatic carbocycles. The number of benzene rings is 3. The van der Waals surface area contributed by atoms with Crippen LogP contribution in [0.1, 0.15) is 47.2 Å². The maximum absolute atomic E-state index is 11.7. The first kappa shape index (κ1) is 23.4. The average molecular weight is 486 g/mol. The van der Waals surface area contributed by atoms with E-state index in [4.69, 9.17) is 4.98 Å². The lowest BCUT2D eigenvalue weighted by molar-refractivity contribution is -0.109. The van der Waals surface area contributed by atoms with Gasteiger partial charge in [0.15, 0.2) is 0 Å². The van der Waals surface area contributed by atoms with Crippen molar-refractivity contribution in [2.75, 3.05) is 13.1 Å². The topological polar surface area (TPSA) is 45.2 Å². The molecule has 1 N–H and O–H groups in total. The van der Waals surface area contributed by atoms with E-state index >= 15 is 0 Å². The van der Waals surface area contributed by atoms with E-state index in [1.807, 2.05) is 30.5 Å². The van der Waals surface area contributed by atoms with Gasteiger partial charge in [0.25, 0.3) is 0 Å². The van der Waals surface area contributed by atoms with Crippen LogP contribution in [0.3, 0.4) is 0 Å². The largest absolute Gasteiger partial charge is 0.378 e. The van der Waals surface area contributed by atoms with Crippen LogP contribution in [0.5, 0.6) is 0 Å². The third-order valence-electron chi connectivity index (χ3n) is 7.65. The molecule has 1 atom stereocenters. The van der Waals surface area contributed by atoms with Crippen molar-refractivity contribution >= 4 is 12.4 Å². The fourth-order valence-electron chi connectivity index (χ4n) is 5.59. The van der Waals surface area contributed by atoms with Crippen LogP contribution < -0.4 is 5.32 Å². The Morgan fingerprint density at radius 1 is 0.865 bits per heavy atom. The first-order chi connectivity index (χ1) is 18.3. The molecule has 2 aliphatic heterocycles. The van der Waals surface area contributed by atoms with E-state index in [-0.39, 0.29) is 6.04 Å². The zero-order valence-electron chi connectivity index (χ0n) is 20.9. The maximum atomic E-state index is 11.7. The molecule has 4 aromatic rings. The smallest absolute Gasteiger partial charge is 0.146 e. The number of rotatable bonds is 6. The molecule has 4 heteroatoms. The summed E-state index contributed by atoms with van der Waals surface area (Å²) in [5, 5.41) is 3.13. The molecule has 3 aromatic carbocycles. The summed E-state index contributed by atoms with van der Waals surface area (Å²) in [6.07, 6.45) is 7.12. The van der Waals surface area contributed by atoms with Crippen molar-refractivity contribution in [1.29, 1.82) is 0 Å². The fraction of sp³-hybridized carbons (Fsp3) is 0.212. The van der Waals surface area contributed by atoms with Crippen molar-refractivity contribution in [3.05, 3.63) is 120 Å². The molecule has 2 aliphatic rings. The Morgan fingerprint density at radius 2 is 1.57 bits per heavy atom. The Labute approximate surface area is 218 Å². The van der Waals surface area contributed by atoms with Gasteiger partial charge < -0.3 is 10.1 Å². The summed E-state index contributed by atoms with van der Waals surface area (Å²) in [6.45, 7) is 3.23. The van der Waals surface area contributed by atoms with Crippen molar-refractivity contribution in [2.45, 2.75) is 31.3 Å². The second kappa shape index (κ2) is 10.5. The molecule has 0 spiro atoms. The van der Waals surface area contributed by atoms with Crippen LogP contribution in [0, 0.1) is 0 Å². The summed E-state index contributed by atoms with van der Waals surface area (Å²) in [4.78, 5) is 19.3. The minimum Gasteiger partial charge on any atom is -0.378 e. The Kier molecular flexibility index (Phi) is 6.66. The molecule has 0 amide bonds. The van der Waals surface area contributed by atoms with Gasteiger partial charge in [0.1, 0.15) is 12.3 Å². The van der Waals surface area contributed by atoms with Gasteiger partial charge in [0.2, 0.25) is 0 Å². The number of carbonyl (C=O) groups is 1. The van der Waals surface area contributed by atoms with Crippen LogP contribution in [0.4, 0.5) is 0 Å². The van der Waals surface area contributed by atoms with E-state index in [1.54, 1.807) is 0 Å². The number of aromatic nitrogens is 1. The second-order valence-electron chi connectivity index (χ2n) is 10.00. The number of carbonyl (C=O) groups excluding carboxylic acids is 1. The van der Waals surface area contributed by atoms with Gasteiger partial charge in [-0.25, -0.2) is 4.98 Å². The standard InChI is InChI=1S/C33H31N3O/c37-23-32-30-21-29(27-9-5-2-6-10-27)33(35-31(30)15-18-34-32)28-13-11-24(12-14-28)22-36-19-16-26(17-20-36)25-7-3-1-4-8-25/h1-15,18,21,23,26,32,34H,16-17,19-20,22H2. The number of nitrogens with one attached hydrogen (secondary N) is 1. The van der Waals surface area contributed by atoms with Crippen molar-refractivity contribution in [3.8, 4) is 22.4 Å². The van der Waals surface area contributed by atoms with Gasteiger partial charge in [-0.05, 0) is 66.9 Å². The molecule has 4 nitrogen and oxygen atoms in total. The first-order valence-corrected chi connectivity index (χ1v) is 13.1. The van der Waals surface area contributed by atoms with E-state index in [9.17, 15) is 4.79 Å². The summed E-state index contributed by atoms with van der Waals surface area (Å²) in [7, 11) is 0. The van der Waals surface area contributed by atoms with E-state index in [2.05, 4.69) is 83.0 Å². The minimum atomic E-state index is -0.377. The van der Waals surface area contributed by atoms with E-state index in [0.717, 1.165) is 59.6 Å². The highest BCUT2D eigenvalue weighted by Crippen LogP contribution is 2.35. The molecular weight excluding hydrogens is 454 g/mol. The third kappa shape index (κ3) is 4.98. The van der Waals surface area contributed by atoms with Crippen LogP contribution >= 0.6 is 0 Å². The van der Waals surface area contributed by atoms with Crippen LogP contribution in [0.2, 0.25) is 0 Å². The number of hydrogen-bond donors (Lipinski definition) is 1. The predicted octanol–water partition coefficient (Wildman–Crippen LogP) is 6.61. The van der Waals surface area contributed by atoms with Crippen molar-refractivity contribution < 1.29 is 4.79 Å². The highest BCUT2D eigenvalue weighted by atomic mass is 16.1. The molecule has 6 rings (SSSR count). The van der Waals surface area contributed by atoms with Crippen LogP contribution in [0.15, 0.2) is 97.2 Å². The van der Waals surface area contributed by atoms with Gasteiger partial charge in [-0.2, -0.15) is 0 Å². The molecular formula is C33H31N3O. The number of fused-ring (bicyclic) bond motifs is 1. The Balaban J connectivity index is 1.23. The quantitative estimate of drug-likeness (QED) is 0.312. The lowest BCUT2D eigenvalue weighted by Crippen LogP contribution is -2.32. The van der Waals surface area contributed by atoms with Crippen LogP contribution in [-0.4, -0.2) is 29.3 Å². The highest BCUT2D eigenvalue weighted by Gasteiger charge is 2.22. The lowest BCUT2D eigenvalue weighted by Gasteiger charge is -2.32. The van der Waals surface area contributed by atoms with Crippen molar-refractivity contribution in [3.63, 3.8) is 0 Å². The number of pyridine rings is 1. The fourth-order valence-corrected chi connectivity index (χ4v) is 5.59. The van der Waals surface area contributed by atoms with Crippen LogP contribution in [-0.2, 0) is 11.3 Å². The molecule has 1 aromatic heterocycles. The number of likely N-dealkylation sites (tertiary alicyclic amines) is 1. The van der Waals surface area contributed by atoms with Gasteiger partial charge in [-0.1, -0.05) is 84.9 Å². The number of aldehydes is 1. The molecule has 184 valence electrons. The monoisotopic (exact) mass is 485 g/mol. The van der Waals surface area contributed by atoms with Crippen LogP contribution in [0.25, 0.3) is 28.5 Å². The van der Waals surface area contributed by atoms with Crippen molar-refractivity contribution in [1.82, 2.24) is 15.2 Å². The molecule has 1 fully saturated rings. The molecule has 1 unspecified atom stereocenters. The van der Waals surface area contributed by atoms with Gasteiger partial charge in [0.05, 0.1) is 11.4 Å². The molecule has 0 saturated carbocycles. The molecule has 3 heterocycles. The van der Waals surface area contributed by atoms with E-state index in [0.29, 0.717) is 5.92 Å². The van der Waals surface area contributed by atoms with Crippen molar-refractivity contribution in [2.24, 2.45) is 0 Å². The van der Waals surface area contributed by atoms with E-state index < -0.39 is 0 Å². The number of piperidine rings is 1. The summed E-state index contributed by atoms with van der Waals surface area (Å²) < 4.78 is 0. The predicted molar refractivity (Wildman–Crippen MR) is 150 cm³/mol. The summed E-state index contributed by atoms with van der Waals surface area (Å²) >= 11 is 0. The zero-order chi connectivity index (χ0) is 25.0. The Hall–Kier alpha value is -4.02. The van der Waals surface area contributed by atoms with E-state index in [1.165, 1.54) is 24.0 Å². The molecule has 1 saturated heterocycles. The maximum Gasteiger partial charge on any atom is 0.146 e. The Morgan fingerprint density at radius 3 is 2.27 bits per heavy atom. The first-order valence-electron chi connectivity index (χ1n) is 13.1. The van der Waals surface area contributed by atoms with Gasteiger partial charge in [-0.15, -0.1) is 0 Å². The Bertz CT molecular complexity index is 1390. The summed E-state index contributed by atoms with van der Waals surface area (Å²) in [6, 6.07) is 31.8. The third-order valence-corrected chi connectivity index (χ3v) is 7.65. The number of hydrogen-bond acceptors (Lipinski definition) is 4. The SMILES string of the molecule is O=CC1NC=Cc2nc(-c3ccc(CN4CCC(c5ccccc5)CC4)cc3)c(-c3ccccc3)cc21. The number of nitrogens with zero attached hydrogens (tertiary/aromatic N) is 2. The average Bonchev–Trinajstić information content (AvgIpc) is 2.98. The highest BCUT2D eigenvalue weighted by molar-refractivity contribution is 5.84. The minimum absolute atomic E-state index is 0.377. The lowest BCUT2D eigenvalue weighted by atomic mass is 9.89. The van der Waals surface area contributed by atoms with Gasteiger partial charge in [0, 0.05) is 23.2 Å². The summed E-state index contributed by atoms with van der Waals surface area (Å²) in [5.41, 5.74) is 8.72. The zero-order valence-corrected chi connectivity index (χ0v) is 20.9. The second-order valence-corrected chi connectivity index (χ2v) is 10.00. The molecule has 0 bridgehead atoms. The molecule has 37 heavy (non-hydrogen) atoms. The molecule has 0 radical (unpaired) electrons.